The van der Waals surface area contributed by atoms with Gasteiger partial charge in [0.25, 0.3) is 0 Å². The molecule has 2 nitrogen and oxygen atoms in total. The molecule has 0 aromatic heterocycles. The van der Waals surface area contributed by atoms with Crippen LogP contribution >= 0.6 is 0 Å². The molecule has 0 aliphatic carbocycles. The molecule has 17 heavy (non-hydrogen) atoms. The second-order valence-electron chi connectivity index (χ2n) is 3.47. The first kappa shape index (κ1) is 13.5. The van der Waals surface area contributed by atoms with Gasteiger partial charge in [-0.3, -0.25) is 0 Å². The van der Waals surface area contributed by atoms with Crippen molar-refractivity contribution in [2.24, 2.45) is 5.16 Å². The van der Waals surface area contributed by atoms with Crippen molar-refractivity contribution >= 4 is 6.21 Å². The minimum absolute atomic E-state index is 0.148. The van der Waals surface area contributed by atoms with Gasteiger partial charge in [0.1, 0.15) is 12.8 Å². The SMILES string of the molecule is CCC/[C]=N/OCc1ccc(C(F)(F)F)cc1. The monoisotopic (exact) mass is 244 g/mol. The van der Waals surface area contributed by atoms with Crippen LogP contribution in [0.15, 0.2) is 29.4 Å². The molecule has 5 heteroatoms. The molecule has 0 aliphatic heterocycles. The summed E-state index contributed by atoms with van der Waals surface area (Å²) in [5, 5.41) is 3.56. The molecule has 0 bridgehead atoms. The van der Waals surface area contributed by atoms with Crippen LogP contribution in [0.1, 0.15) is 30.9 Å². The number of unbranched alkanes of at least 4 members (excludes halogenated alkanes) is 1. The highest BCUT2D eigenvalue weighted by Crippen LogP contribution is 2.29. The Hall–Kier alpha value is -1.52. The highest BCUT2D eigenvalue weighted by atomic mass is 19.4. The smallest absolute Gasteiger partial charge is 0.391 e. The number of benzene rings is 1. The van der Waals surface area contributed by atoms with Crippen molar-refractivity contribution in [1.82, 2.24) is 0 Å². The number of hydrogen-bond donors (Lipinski definition) is 0. The molecule has 1 aromatic rings. The molecule has 0 saturated heterocycles. The summed E-state index contributed by atoms with van der Waals surface area (Å²) in [7, 11) is 0. The van der Waals surface area contributed by atoms with Crippen LogP contribution in [0.4, 0.5) is 13.2 Å². The molecule has 1 radical (unpaired) electrons. The van der Waals surface area contributed by atoms with E-state index in [1.165, 1.54) is 12.1 Å². The molecule has 0 aliphatic rings. The second kappa shape index (κ2) is 6.27. The zero-order chi connectivity index (χ0) is 12.7. The lowest BCUT2D eigenvalue weighted by Gasteiger charge is -2.06. The van der Waals surface area contributed by atoms with Gasteiger partial charge in [0.15, 0.2) is 0 Å². The van der Waals surface area contributed by atoms with E-state index in [9.17, 15) is 13.2 Å². The third kappa shape index (κ3) is 4.89. The maximum Gasteiger partial charge on any atom is 0.416 e. The van der Waals surface area contributed by atoms with Gasteiger partial charge < -0.3 is 4.84 Å². The quantitative estimate of drug-likeness (QED) is 0.569. The Kier molecular flexibility index (Phi) is 5.00. The van der Waals surface area contributed by atoms with Gasteiger partial charge in [-0.2, -0.15) is 13.2 Å². The van der Waals surface area contributed by atoms with E-state index in [1.54, 1.807) is 0 Å². The second-order valence-corrected chi connectivity index (χ2v) is 3.47. The van der Waals surface area contributed by atoms with Gasteiger partial charge >= 0.3 is 6.18 Å². The van der Waals surface area contributed by atoms with Crippen molar-refractivity contribution in [1.29, 1.82) is 0 Å². The van der Waals surface area contributed by atoms with Crippen LogP contribution in [0.5, 0.6) is 0 Å². The average molecular weight is 244 g/mol. The summed E-state index contributed by atoms with van der Waals surface area (Å²) in [5.41, 5.74) is -0.0256. The molecule has 0 fully saturated rings. The molecule has 0 saturated carbocycles. The van der Waals surface area contributed by atoms with Crippen molar-refractivity contribution in [3.05, 3.63) is 35.4 Å². The number of nitrogens with zero attached hydrogens (tertiary/aromatic N) is 1. The first-order valence-electron chi connectivity index (χ1n) is 5.25. The Morgan fingerprint density at radius 3 is 2.41 bits per heavy atom. The van der Waals surface area contributed by atoms with Gasteiger partial charge in [-0.1, -0.05) is 30.6 Å². The third-order valence-electron chi connectivity index (χ3n) is 2.00. The Bertz CT molecular complexity index is 357. The molecule has 0 heterocycles. The molecule has 0 amide bonds. The maximum atomic E-state index is 12.3. The molecule has 0 spiro atoms. The number of halogens is 3. The summed E-state index contributed by atoms with van der Waals surface area (Å²) in [6, 6.07) is 4.80. The van der Waals surface area contributed by atoms with Crippen LogP contribution < -0.4 is 0 Å². The minimum atomic E-state index is -4.30. The van der Waals surface area contributed by atoms with E-state index in [1.807, 2.05) is 6.92 Å². The summed E-state index contributed by atoms with van der Waals surface area (Å²) in [6.45, 7) is 2.13. The molecular formula is C12H13F3NO. The van der Waals surface area contributed by atoms with E-state index >= 15 is 0 Å². The van der Waals surface area contributed by atoms with E-state index in [0.717, 1.165) is 18.6 Å². The average Bonchev–Trinajstić information content (AvgIpc) is 2.28. The number of hydrogen-bond acceptors (Lipinski definition) is 2. The predicted octanol–water partition coefficient (Wildman–Crippen LogP) is 3.88. The summed E-state index contributed by atoms with van der Waals surface area (Å²) >= 11 is 0. The molecule has 0 atom stereocenters. The van der Waals surface area contributed by atoms with Crippen LogP contribution in [0, 0.1) is 0 Å². The minimum Gasteiger partial charge on any atom is -0.391 e. The van der Waals surface area contributed by atoms with Crippen LogP contribution in [0.25, 0.3) is 0 Å². The number of rotatable bonds is 5. The standard InChI is InChI=1S/C12H13F3NO/c1-2-3-8-16-17-9-10-4-6-11(7-5-10)12(13,14)15/h4-7H,2-3,9H2,1H3. The molecular weight excluding hydrogens is 231 g/mol. The zero-order valence-electron chi connectivity index (χ0n) is 9.42. The van der Waals surface area contributed by atoms with Crippen LogP contribution in [0.2, 0.25) is 0 Å². The first-order chi connectivity index (χ1) is 8.04. The fraction of sp³-hybridized carbons (Fsp3) is 0.417. The van der Waals surface area contributed by atoms with E-state index < -0.39 is 11.7 Å². The van der Waals surface area contributed by atoms with Crippen molar-refractivity contribution in [2.45, 2.75) is 32.5 Å². The molecule has 93 valence electrons. The number of alkyl halides is 3. The Morgan fingerprint density at radius 2 is 1.88 bits per heavy atom. The Labute approximate surface area is 98.1 Å². The molecule has 0 unspecified atom stereocenters. The van der Waals surface area contributed by atoms with Crippen LogP contribution in [0.3, 0.4) is 0 Å². The molecule has 1 aromatic carbocycles. The highest BCUT2D eigenvalue weighted by Gasteiger charge is 2.29. The Morgan fingerprint density at radius 1 is 1.24 bits per heavy atom. The zero-order valence-corrected chi connectivity index (χ0v) is 9.42. The van der Waals surface area contributed by atoms with E-state index in [0.29, 0.717) is 12.0 Å². The van der Waals surface area contributed by atoms with Gasteiger partial charge in [0.05, 0.1) is 5.56 Å². The first-order valence-corrected chi connectivity index (χ1v) is 5.25. The van der Waals surface area contributed by atoms with Gasteiger partial charge in [-0.15, -0.1) is 0 Å². The third-order valence-corrected chi connectivity index (χ3v) is 2.00. The van der Waals surface area contributed by atoms with E-state index in [-0.39, 0.29) is 6.61 Å². The van der Waals surface area contributed by atoms with Crippen LogP contribution in [-0.2, 0) is 17.6 Å². The molecule has 0 N–H and O–H groups in total. The highest BCUT2D eigenvalue weighted by molar-refractivity contribution is 5.55. The largest absolute Gasteiger partial charge is 0.416 e. The maximum absolute atomic E-state index is 12.3. The van der Waals surface area contributed by atoms with Crippen molar-refractivity contribution < 1.29 is 18.0 Å². The fourth-order valence-corrected chi connectivity index (χ4v) is 1.10. The normalized spacial score (nSPS) is 12.0. The molecule has 1 rings (SSSR count). The van der Waals surface area contributed by atoms with Crippen molar-refractivity contribution in [2.75, 3.05) is 0 Å². The van der Waals surface area contributed by atoms with E-state index in [2.05, 4.69) is 11.4 Å². The Balaban J connectivity index is 2.46. The van der Waals surface area contributed by atoms with Gasteiger partial charge in [0.2, 0.25) is 0 Å². The lowest BCUT2D eigenvalue weighted by atomic mass is 10.1. The van der Waals surface area contributed by atoms with Crippen molar-refractivity contribution in [3.63, 3.8) is 0 Å². The van der Waals surface area contributed by atoms with Crippen LogP contribution in [-0.4, -0.2) is 6.21 Å². The van der Waals surface area contributed by atoms with Gasteiger partial charge in [0, 0.05) is 0 Å². The van der Waals surface area contributed by atoms with Crippen molar-refractivity contribution in [3.8, 4) is 0 Å². The van der Waals surface area contributed by atoms with E-state index in [4.69, 9.17) is 4.84 Å². The van der Waals surface area contributed by atoms with Gasteiger partial charge in [-0.25, -0.2) is 0 Å². The topological polar surface area (TPSA) is 21.6 Å². The summed E-state index contributed by atoms with van der Waals surface area (Å²) < 4.78 is 36.8. The lowest BCUT2D eigenvalue weighted by molar-refractivity contribution is -0.137. The summed E-state index contributed by atoms with van der Waals surface area (Å²) in [6.07, 6.45) is -0.0103. The lowest BCUT2D eigenvalue weighted by Crippen LogP contribution is -2.04. The fourth-order valence-electron chi connectivity index (χ4n) is 1.10. The summed E-state index contributed by atoms with van der Waals surface area (Å²) in [4.78, 5) is 4.88. The van der Waals surface area contributed by atoms with Gasteiger partial charge in [-0.05, 0) is 24.1 Å². The predicted molar refractivity (Wildman–Crippen MR) is 58.6 cm³/mol. The summed E-state index contributed by atoms with van der Waals surface area (Å²) in [5.74, 6) is 0.